The quantitative estimate of drug-likeness (QED) is 0.412. The Morgan fingerprint density at radius 3 is 2.60 bits per heavy atom. The maximum absolute atomic E-state index is 3.48. The molecular weight excluding hydrogens is 62.1 g/mol. The van der Waals surface area contributed by atoms with Gasteiger partial charge in [0.1, 0.15) is 0 Å². The smallest absolute Gasteiger partial charge is 0.0581 e. The Labute approximate surface area is 32.7 Å². The van der Waals surface area contributed by atoms with Crippen LogP contribution in [0, 0.1) is 7.05 Å². The maximum atomic E-state index is 3.48. The molecule has 0 amide bonds. The summed E-state index contributed by atoms with van der Waals surface area (Å²) in [6.45, 7) is 2.02. The maximum Gasteiger partial charge on any atom is 0.0581 e. The van der Waals surface area contributed by atoms with E-state index in [9.17, 15) is 0 Å². The molecule has 0 aliphatic rings. The first-order chi connectivity index (χ1) is 2.41. The fraction of sp³-hybridized carbons (Fsp3) is 0.500. The lowest BCUT2D eigenvalue weighted by molar-refractivity contribution is 1.31. The van der Waals surface area contributed by atoms with Crippen LogP contribution in [-0.2, 0) is 0 Å². The molecule has 0 atom stereocenters. The van der Waals surface area contributed by atoms with Gasteiger partial charge in [0.25, 0.3) is 0 Å². The van der Waals surface area contributed by atoms with Crippen molar-refractivity contribution in [2.24, 2.45) is 4.99 Å². The van der Waals surface area contributed by atoms with Gasteiger partial charge in [0.05, 0.1) is 7.05 Å². The molecule has 0 fully saturated rings. The molecule has 0 saturated carbocycles. The van der Waals surface area contributed by atoms with E-state index >= 15 is 0 Å². The van der Waals surface area contributed by atoms with Gasteiger partial charge in [-0.05, 0) is 12.6 Å². The van der Waals surface area contributed by atoms with Gasteiger partial charge in [-0.25, -0.2) is 0 Å². The number of nitrogens with zero attached hydrogens (tertiary/aromatic N) is 1. The summed E-state index contributed by atoms with van der Waals surface area (Å²) in [7, 11) is 3.24. The van der Waals surface area contributed by atoms with E-state index in [-0.39, 0.29) is 0 Å². The normalized spacial score (nSPS) is 10.0. The molecule has 1 nitrogen and oxygen atoms in total. The van der Waals surface area contributed by atoms with Crippen molar-refractivity contribution in [2.45, 2.75) is 13.3 Å². The van der Waals surface area contributed by atoms with Crippen LogP contribution in [0.15, 0.2) is 4.99 Å². The van der Waals surface area contributed by atoms with E-state index in [0.29, 0.717) is 0 Å². The first kappa shape index (κ1) is 4.67. The van der Waals surface area contributed by atoms with Crippen molar-refractivity contribution in [2.75, 3.05) is 0 Å². The van der Waals surface area contributed by atoms with E-state index in [4.69, 9.17) is 0 Å². The van der Waals surface area contributed by atoms with Crippen molar-refractivity contribution in [1.29, 1.82) is 0 Å². The second-order valence-corrected chi connectivity index (χ2v) is 0.773. The highest BCUT2D eigenvalue weighted by atomic mass is 14.6. The molecule has 0 aromatic rings. The summed E-state index contributed by atoms with van der Waals surface area (Å²) in [5.41, 5.74) is 0. The first-order valence-electron chi connectivity index (χ1n) is 1.69. The predicted octanol–water partition coefficient (Wildman–Crippen LogP) is 1.26. The lowest BCUT2D eigenvalue weighted by Gasteiger charge is -1.65. The molecule has 0 aromatic heterocycles. The van der Waals surface area contributed by atoms with Gasteiger partial charge < -0.3 is 0 Å². The molecule has 0 bridgehead atoms. The standard InChI is InChI=1S/C4H8N/c1-3-4-5-2/h4H,2-3H2,1H3/b5-4+. The Kier molecular flexibility index (Phi) is 3.43. The molecule has 0 spiro atoms. The minimum absolute atomic E-state index is 0.990. The average Bonchev–Trinajstić information content (AvgIpc) is 1.41. The van der Waals surface area contributed by atoms with Gasteiger partial charge in [0.15, 0.2) is 0 Å². The fourth-order valence-electron chi connectivity index (χ4n) is 0.129. The summed E-state index contributed by atoms with van der Waals surface area (Å²) in [4.78, 5) is 3.48. The average molecular weight is 70.1 g/mol. The monoisotopic (exact) mass is 70.1 g/mol. The van der Waals surface area contributed by atoms with Crippen molar-refractivity contribution < 1.29 is 0 Å². The minimum atomic E-state index is 0.990. The number of rotatable bonds is 1. The number of hydrogen-bond donors (Lipinski definition) is 0. The van der Waals surface area contributed by atoms with Crippen molar-refractivity contribution in [1.82, 2.24) is 0 Å². The topological polar surface area (TPSA) is 12.4 Å². The Hall–Kier alpha value is -0.330. The predicted molar refractivity (Wildman–Crippen MR) is 24.1 cm³/mol. The lowest BCUT2D eigenvalue weighted by atomic mass is 10.5. The SMILES string of the molecule is [CH2]/N=C/CC. The van der Waals surface area contributed by atoms with E-state index < -0.39 is 0 Å². The fourth-order valence-corrected chi connectivity index (χ4v) is 0.129. The van der Waals surface area contributed by atoms with Gasteiger partial charge in [0, 0.05) is 0 Å². The zero-order chi connectivity index (χ0) is 4.12. The van der Waals surface area contributed by atoms with Crippen LogP contribution >= 0.6 is 0 Å². The second kappa shape index (κ2) is 3.67. The van der Waals surface area contributed by atoms with Crippen LogP contribution in [0.4, 0.5) is 0 Å². The molecule has 1 radical (unpaired) electrons. The van der Waals surface area contributed by atoms with Crippen LogP contribution in [-0.4, -0.2) is 6.21 Å². The van der Waals surface area contributed by atoms with Crippen LogP contribution in [0.1, 0.15) is 13.3 Å². The van der Waals surface area contributed by atoms with Gasteiger partial charge >= 0.3 is 0 Å². The Bertz CT molecular complexity index is 30.6. The van der Waals surface area contributed by atoms with Gasteiger partial charge in [-0.2, -0.15) is 0 Å². The third-order valence-electron chi connectivity index (χ3n) is 0.312. The van der Waals surface area contributed by atoms with E-state index in [0.717, 1.165) is 6.42 Å². The molecule has 5 heavy (non-hydrogen) atoms. The highest BCUT2D eigenvalue weighted by Gasteiger charge is 1.53. The van der Waals surface area contributed by atoms with Gasteiger partial charge in [-0.1, -0.05) is 6.92 Å². The van der Waals surface area contributed by atoms with Crippen molar-refractivity contribution in [3.05, 3.63) is 7.05 Å². The second-order valence-electron chi connectivity index (χ2n) is 0.773. The van der Waals surface area contributed by atoms with Crippen LogP contribution in [0.25, 0.3) is 0 Å². The van der Waals surface area contributed by atoms with Gasteiger partial charge in [0.2, 0.25) is 0 Å². The van der Waals surface area contributed by atoms with Crippen molar-refractivity contribution >= 4 is 6.21 Å². The van der Waals surface area contributed by atoms with E-state index in [1.165, 1.54) is 0 Å². The van der Waals surface area contributed by atoms with Crippen LogP contribution in [0.5, 0.6) is 0 Å². The largest absolute Gasteiger partial charge is 0.296 e. The number of hydrogen-bond acceptors (Lipinski definition) is 1. The van der Waals surface area contributed by atoms with Gasteiger partial charge in [-0.15, -0.1) is 0 Å². The molecule has 0 aliphatic heterocycles. The summed E-state index contributed by atoms with van der Waals surface area (Å²) in [6, 6.07) is 0. The third kappa shape index (κ3) is 3.67. The lowest BCUT2D eigenvalue weighted by Crippen LogP contribution is -1.58. The summed E-state index contributed by atoms with van der Waals surface area (Å²) in [6.07, 6.45) is 2.75. The highest BCUT2D eigenvalue weighted by molar-refractivity contribution is 5.56. The van der Waals surface area contributed by atoms with Crippen molar-refractivity contribution in [3.63, 3.8) is 0 Å². The van der Waals surface area contributed by atoms with Crippen LogP contribution < -0.4 is 0 Å². The summed E-state index contributed by atoms with van der Waals surface area (Å²) < 4.78 is 0. The molecule has 0 unspecified atom stereocenters. The molecule has 0 N–H and O–H groups in total. The number of aliphatic imine (C=N–C) groups is 1. The van der Waals surface area contributed by atoms with Crippen LogP contribution in [0.3, 0.4) is 0 Å². The van der Waals surface area contributed by atoms with E-state index in [2.05, 4.69) is 12.0 Å². The molecule has 0 heterocycles. The third-order valence-corrected chi connectivity index (χ3v) is 0.312. The zero-order valence-corrected chi connectivity index (χ0v) is 3.44. The Balaban J connectivity index is 2.62. The zero-order valence-electron chi connectivity index (χ0n) is 3.44. The molecular formula is C4H8N. The van der Waals surface area contributed by atoms with E-state index in [1.54, 1.807) is 6.21 Å². The van der Waals surface area contributed by atoms with E-state index in [1.807, 2.05) is 6.92 Å². The molecule has 1 heteroatoms. The molecule has 0 rings (SSSR count). The highest BCUT2D eigenvalue weighted by Crippen LogP contribution is 1.62. The van der Waals surface area contributed by atoms with Crippen molar-refractivity contribution in [3.8, 4) is 0 Å². The Morgan fingerprint density at radius 1 is 2.00 bits per heavy atom. The van der Waals surface area contributed by atoms with Crippen LogP contribution in [0.2, 0.25) is 0 Å². The molecule has 0 aromatic carbocycles. The Morgan fingerprint density at radius 2 is 2.60 bits per heavy atom. The summed E-state index contributed by atoms with van der Waals surface area (Å²) in [5, 5.41) is 0. The summed E-state index contributed by atoms with van der Waals surface area (Å²) >= 11 is 0. The summed E-state index contributed by atoms with van der Waals surface area (Å²) in [5.74, 6) is 0. The van der Waals surface area contributed by atoms with Gasteiger partial charge in [-0.3, -0.25) is 4.99 Å². The molecule has 0 saturated heterocycles. The molecule has 29 valence electrons. The minimum Gasteiger partial charge on any atom is -0.296 e. The first-order valence-corrected chi connectivity index (χ1v) is 1.69. The molecule has 0 aliphatic carbocycles.